The number of hydrogen-bond acceptors (Lipinski definition) is 6. The second-order valence-electron chi connectivity index (χ2n) is 15.3. The van der Waals surface area contributed by atoms with Gasteiger partial charge in [0.05, 0.1) is 0 Å². The molecule has 12 nitrogen and oxygen atoms in total. The first-order valence-electron chi connectivity index (χ1n) is 17.8. The van der Waals surface area contributed by atoms with Gasteiger partial charge in [-0.1, -0.05) is 99.6 Å². The predicted octanol–water partition coefficient (Wildman–Crippen LogP) is 2.60. The van der Waals surface area contributed by atoms with Crippen molar-refractivity contribution >= 4 is 35.4 Å². The summed E-state index contributed by atoms with van der Waals surface area (Å²) in [5, 5.41) is 17.0. The summed E-state index contributed by atoms with van der Waals surface area (Å²) in [6, 6.07) is 3.05. The standard InChI is InChI=1S/C37H60N6O6/c1-20(2)16-26-32(44)39-28(18-22(5)6)34(46)42-31(24(9)10)37(49)41-29(19-25-14-12-11-13-15-25)35(47)43-30(23(7)8)36(48)40-27(17-21(3)4)33(45)38-26/h11-15,20-24,26-31H,16-19H2,1-10H3,(H,38,45)(H,39,44)(H,40,48)(H,41,49)(H,42,46)(H,43,47). The van der Waals surface area contributed by atoms with Crippen molar-refractivity contribution in [3.05, 3.63) is 35.9 Å². The largest absolute Gasteiger partial charge is 0.343 e. The van der Waals surface area contributed by atoms with E-state index in [0.29, 0.717) is 6.42 Å². The minimum Gasteiger partial charge on any atom is -0.343 e. The van der Waals surface area contributed by atoms with Crippen LogP contribution in [-0.2, 0) is 35.2 Å². The van der Waals surface area contributed by atoms with Gasteiger partial charge in [-0.3, -0.25) is 28.8 Å². The van der Waals surface area contributed by atoms with E-state index in [1.54, 1.807) is 27.7 Å². The fourth-order valence-electron chi connectivity index (χ4n) is 5.81. The van der Waals surface area contributed by atoms with Crippen LogP contribution in [0.5, 0.6) is 0 Å². The van der Waals surface area contributed by atoms with Crippen LogP contribution >= 0.6 is 0 Å². The van der Waals surface area contributed by atoms with E-state index in [2.05, 4.69) is 31.9 Å². The molecular formula is C37H60N6O6. The van der Waals surface area contributed by atoms with E-state index < -0.39 is 71.7 Å². The van der Waals surface area contributed by atoms with Crippen LogP contribution in [-0.4, -0.2) is 71.7 Å². The summed E-state index contributed by atoms with van der Waals surface area (Å²) >= 11 is 0. The first-order chi connectivity index (χ1) is 22.9. The Labute approximate surface area is 292 Å². The van der Waals surface area contributed by atoms with Gasteiger partial charge in [0, 0.05) is 6.42 Å². The molecule has 1 fully saturated rings. The summed E-state index contributed by atoms with van der Waals surface area (Å²) in [5.41, 5.74) is 0.783. The number of amides is 6. The molecule has 0 spiro atoms. The molecule has 6 atom stereocenters. The highest BCUT2D eigenvalue weighted by Gasteiger charge is 2.36. The van der Waals surface area contributed by atoms with Crippen molar-refractivity contribution in [2.45, 2.75) is 131 Å². The van der Waals surface area contributed by atoms with Gasteiger partial charge in [0.15, 0.2) is 0 Å². The fraction of sp³-hybridized carbons (Fsp3) is 0.676. The third-order valence-electron chi connectivity index (χ3n) is 8.43. The Balaban J connectivity index is 2.66. The van der Waals surface area contributed by atoms with Gasteiger partial charge in [-0.25, -0.2) is 0 Å². The zero-order valence-corrected chi connectivity index (χ0v) is 31.0. The highest BCUT2D eigenvalue weighted by atomic mass is 16.2. The van der Waals surface area contributed by atoms with Gasteiger partial charge >= 0.3 is 0 Å². The van der Waals surface area contributed by atoms with Gasteiger partial charge in [0.25, 0.3) is 0 Å². The maximum Gasteiger partial charge on any atom is 0.243 e. The number of carbonyl (C=O) groups excluding carboxylic acids is 6. The lowest BCUT2D eigenvalue weighted by molar-refractivity contribution is -0.137. The van der Waals surface area contributed by atoms with E-state index in [-0.39, 0.29) is 48.9 Å². The van der Waals surface area contributed by atoms with E-state index in [1.807, 2.05) is 71.9 Å². The molecule has 1 aromatic carbocycles. The summed E-state index contributed by atoms with van der Waals surface area (Å²) in [6.07, 6.45) is 0.994. The molecule has 1 heterocycles. The highest BCUT2D eigenvalue weighted by molar-refractivity contribution is 5.98. The van der Waals surface area contributed by atoms with Gasteiger partial charge < -0.3 is 31.9 Å². The lowest BCUT2D eigenvalue weighted by Crippen LogP contribution is -2.63. The smallest absolute Gasteiger partial charge is 0.243 e. The highest BCUT2D eigenvalue weighted by Crippen LogP contribution is 2.14. The summed E-state index contributed by atoms with van der Waals surface area (Å²) < 4.78 is 0. The molecule has 2 rings (SSSR count). The Bertz CT molecular complexity index is 1270. The summed E-state index contributed by atoms with van der Waals surface area (Å²) in [6.45, 7) is 18.6. The molecule has 49 heavy (non-hydrogen) atoms. The van der Waals surface area contributed by atoms with Crippen LogP contribution in [0, 0.1) is 29.6 Å². The quantitative estimate of drug-likeness (QED) is 0.221. The molecule has 1 saturated heterocycles. The molecule has 0 saturated carbocycles. The first kappa shape index (κ1) is 41.2. The van der Waals surface area contributed by atoms with Crippen LogP contribution in [0.2, 0.25) is 0 Å². The van der Waals surface area contributed by atoms with Crippen molar-refractivity contribution in [2.75, 3.05) is 0 Å². The van der Waals surface area contributed by atoms with E-state index in [1.165, 1.54) is 0 Å². The van der Waals surface area contributed by atoms with Crippen LogP contribution in [0.1, 0.15) is 94.1 Å². The fourth-order valence-corrected chi connectivity index (χ4v) is 5.81. The summed E-state index contributed by atoms with van der Waals surface area (Å²) in [5.74, 6) is -4.00. The summed E-state index contributed by atoms with van der Waals surface area (Å²) in [4.78, 5) is 82.9. The SMILES string of the molecule is CC(C)CC1NC(=O)C(CC(C)C)NC(=O)C(C(C)C)NC(=O)C(Cc2ccccc2)NC(=O)C(C(C)C)NC(=O)C(CC(C)C)NC1=O. The Kier molecular flexibility index (Phi) is 16.2. The van der Waals surface area contributed by atoms with Crippen molar-refractivity contribution in [1.82, 2.24) is 31.9 Å². The maximum absolute atomic E-state index is 13.9. The Morgan fingerprint density at radius 2 is 0.735 bits per heavy atom. The Morgan fingerprint density at radius 1 is 0.429 bits per heavy atom. The molecule has 6 amide bonds. The normalized spacial score (nSPS) is 25.4. The van der Waals surface area contributed by atoms with E-state index >= 15 is 0 Å². The van der Waals surface area contributed by atoms with Crippen LogP contribution in [0.25, 0.3) is 0 Å². The van der Waals surface area contributed by atoms with Crippen LogP contribution in [0.4, 0.5) is 0 Å². The molecule has 0 bridgehead atoms. The molecule has 1 aliphatic heterocycles. The Hall–Kier alpha value is -3.96. The zero-order valence-electron chi connectivity index (χ0n) is 31.0. The van der Waals surface area contributed by atoms with Crippen molar-refractivity contribution in [1.29, 1.82) is 0 Å². The minimum absolute atomic E-state index is 0.0110. The number of nitrogens with one attached hydrogen (secondary N) is 6. The van der Waals surface area contributed by atoms with E-state index in [9.17, 15) is 28.8 Å². The molecular weight excluding hydrogens is 624 g/mol. The van der Waals surface area contributed by atoms with Crippen LogP contribution < -0.4 is 31.9 Å². The third kappa shape index (κ3) is 13.5. The Morgan fingerprint density at radius 3 is 1.08 bits per heavy atom. The number of hydrogen-bond donors (Lipinski definition) is 6. The second kappa shape index (κ2) is 19.3. The van der Waals surface area contributed by atoms with Crippen molar-refractivity contribution < 1.29 is 28.8 Å². The average Bonchev–Trinajstić information content (AvgIpc) is 2.99. The molecule has 0 radical (unpaired) electrons. The van der Waals surface area contributed by atoms with Gasteiger partial charge in [-0.05, 0) is 54.4 Å². The van der Waals surface area contributed by atoms with Crippen LogP contribution in [0.3, 0.4) is 0 Å². The van der Waals surface area contributed by atoms with Gasteiger partial charge in [-0.2, -0.15) is 0 Å². The van der Waals surface area contributed by atoms with Crippen LogP contribution in [0.15, 0.2) is 30.3 Å². The average molecular weight is 685 g/mol. The molecule has 6 N–H and O–H groups in total. The number of rotatable bonds is 10. The zero-order chi connectivity index (χ0) is 37.0. The van der Waals surface area contributed by atoms with Crippen molar-refractivity contribution in [2.24, 2.45) is 29.6 Å². The number of benzene rings is 1. The molecule has 1 aliphatic rings. The first-order valence-corrected chi connectivity index (χ1v) is 17.8. The number of carbonyl (C=O) groups is 6. The third-order valence-corrected chi connectivity index (χ3v) is 8.43. The molecule has 6 unspecified atom stereocenters. The molecule has 0 aromatic heterocycles. The molecule has 12 heteroatoms. The molecule has 274 valence electrons. The van der Waals surface area contributed by atoms with E-state index in [0.717, 1.165) is 5.56 Å². The van der Waals surface area contributed by atoms with Crippen molar-refractivity contribution in [3.8, 4) is 0 Å². The molecule has 0 aliphatic carbocycles. The lowest BCUT2D eigenvalue weighted by atomic mass is 9.96. The van der Waals surface area contributed by atoms with E-state index in [4.69, 9.17) is 0 Å². The maximum atomic E-state index is 13.9. The van der Waals surface area contributed by atoms with Gasteiger partial charge in [0.2, 0.25) is 35.4 Å². The van der Waals surface area contributed by atoms with Gasteiger partial charge in [0.1, 0.15) is 36.3 Å². The predicted molar refractivity (Wildman–Crippen MR) is 190 cm³/mol. The van der Waals surface area contributed by atoms with Crippen molar-refractivity contribution in [3.63, 3.8) is 0 Å². The molecule has 1 aromatic rings. The second-order valence-corrected chi connectivity index (χ2v) is 15.3. The topological polar surface area (TPSA) is 175 Å². The minimum atomic E-state index is -1.08. The lowest BCUT2D eigenvalue weighted by Gasteiger charge is -2.31. The van der Waals surface area contributed by atoms with Gasteiger partial charge in [-0.15, -0.1) is 0 Å². The monoisotopic (exact) mass is 684 g/mol. The summed E-state index contributed by atoms with van der Waals surface area (Å²) in [7, 11) is 0.